The normalized spacial score (nSPS) is 14.8. The lowest BCUT2D eigenvalue weighted by molar-refractivity contribution is -0.143. The van der Waals surface area contributed by atoms with Gasteiger partial charge in [0.05, 0.1) is 11.1 Å². The van der Waals surface area contributed by atoms with Gasteiger partial charge in [0, 0.05) is 0 Å². The molecule has 0 bridgehead atoms. The summed E-state index contributed by atoms with van der Waals surface area (Å²) in [5.74, 6) is 0. The fourth-order valence-corrected chi connectivity index (χ4v) is 1.15. The monoisotopic (exact) mass is 259 g/mol. The van der Waals surface area contributed by atoms with Crippen molar-refractivity contribution in [1.82, 2.24) is 0 Å². The zero-order valence-electron chi connectivity index (χ0n) is 8.10. The lowest BCUT2D eigenvalue weighted by Gasteiger charge is -2.15. The Bertz CT molecular complexity index is 377. The fraction of sp³-hybridized carbons (Fsp3) is 0.333. The molecule has 1 atom stereocenters. The molecule has 17 heavy (non-hydrogen) atoms. The number of benzene rings is 1. The van der Waals surface area contributed by atoms with Crippen LogP contribution < -0.4 is 5.73 Å². The van der Waals surface area contributed by atoms with Gasteiger partial charge in [-0.15, -0.1) is 0 Å². The summed E-state index contributed by atoms with van der Waals surface area (Å²) in [6.45, 7) is 0. The first-order valence-corrected chi connectivity index (χ1v) is 4.25. The molecule has 0 saturated heterocycles. The smallest absolute Gasteiger partial charge is 0.375 e. The molecule has 3 N–H and O–H groups in total. The number of alkyl halides is 6. The molecule has 0 aromatic heterocycles. The highest BCUT2D eigenvalue weighted by Crippen LogP contribution is 2.36. The molecular formula is C9H7F6NO. The van der Waals surface area contributed by atoms with E-state index in [1.807, 2.05) is 0 Å². The van der Waals surface area contributed by atoms with Gasteiger partial charge in [-0.3, -0.25) is 0 Å². The first-order chi connectivity index (χ1) is 7.51. The summed E-state index contributed by atoms with van der Waals surface area (Å²) in [5.41, 5.74) is 1.20. The number of aliphatic hydroxyl groups excluding tert-OH is 1. The molecule has 0 saturated carbocycles. The Morgan fingerprint density at radius 3 is 1.47 bits per heavy atom. The van der Waals surface area contributed by atoms with Crippen molar-refractivity contribution < 1.29 is 31.4 Å². The standard InChI is InChI=1S/C9H7F6NO/c10-8(11,12)5-1-4(7(16)17)2-6(3-5)9(13,14)15/h1-3,7,17H,16H2/t7-/m0/s1. The van der Waals surface area contributed by atoms with Gasteiger partial charge in [-0.2, -0.15) is 26.3 Å². The fourth-order valence-electron chi connectivity index (χ4n) is 1.15. The molecule has 0 heterocycles. The number of aliphatic hydroxyl groups is 1. The van der Waals surface area contributed by atoms with E-state index in [2.05, 4.69) is 0 Å². The van der Waals surface area contributed by atoms with Crippen molar-refractivity contribution in [3.8, 4) is 0 Å². The summed E-state index contributed by atoms with van der Waals surface area (Å²) < 4.78 is 73.9. The molecule has 1 rings (SSSR count). The second-order valence-corrected chi connectivity index (χ2v) is 3.28. The Morgan fingerprint density at radius 1 is 0.882 bits per heavy atom. The molecule has 0 amide bonds. The van der Waals surface area contributed by atoms with E-state index in [0.29, 0.717) is 12.1 Å². The van der Waals surface area contributed by atoms with Crippen LogP contribution in [0.2, 0.25) is 0 Å². The van der Waals surface area contributed by atoms with Gasteiger partial charge in [0.2, 0.25) is 0 Å². The Hall–Kier alpha value is -1.28. The van der Waals surface area contributed by atoms with Crippen LogP contribution in [-0.4, -0.2) is 5.11 Å². The van der Waals surface area contributed by atoms with Gasteiger partial charge in [0.25, 0.3) is 0 Å². The topological polar surface area (TPSA) is 46.2 Å². The lowest BCUT2D eigenvalue weighted by Crippen LogP contribution is -2.15. The second kappa shape index (κ2) is 4.19. The largest absolute Gasteiger partial charge is 0.416 e. The molecule has 1 aromatic carbocycles. The molecular weight excluding hydrogens is 252 g/mol. The van der Waals surface area contributed by atoms with E-state index < -0.39 is 35.3 Å². The van der Waals surface area contributed by atoms with Crippen LogP contribution in [0.3, 0.4) is 0 Å². The van der Waals surface area contributed by atoms with Crippen molar-refractivity contribution >= 4 is 0 Å². The highest BCUT2D eigenvalue weighted by Gasteiger charge is 2.37. The molecule has 1 aromatic rings. The van der Waals surface area contributed by atoms with Crippen molar-refractivity contribution in [3.05, 3.63) is 34.9 Å². The van der Waals surface area contributed by atoms with Crippen molar-refractivity contribution in [2.75, 3.05) is 0 Å². The predicted octanol–water partition coefficient (Wildman–Crippen LogP) is 2.67. The molecule has 8 heteroatoms. The van der Waals surface area contributed by atoms with E-state index in [1.165, 1.54) is 0 Å². The minimum atomic E-state index is -4.94. The maximum Gasteiger partial charge on any atom is 0.416 e. The maximum absolute atomic E-state index is 12.3. The SMILES string of the molecule is N[C@@H](O)c1cc(C(F)(F)F)cc(C(F)(F)F)c1. The third-order valence-corrected chi connectivity index (χ3v) is 1.95. The van der Waals surface area contributed by atoms with Crippen LogP contribution in [-0.2, 0) is 12.4 Å². The highest BCUT2D eigenvalue weighted by atomic mass is 19.4. The van der Waals surface area contributed by atoms with E-state index in [0.717, 1.165) is 0 Å². The molecule has 96 valence electrons. The quantitative estimate of drug-likeness (QED) is 0.601. The third-order valence-electron chi connectivity index (χ3n) is 1.95. The first-order valence-electron chi connectivity index (χ1n) is 4.25. The molecule has 0 radical (unpaired) electrons. The van der Waals surface area contributed by atoms with E-state index in [1.54, 1.807) is 0 Å². The van der Waals surface area contributed by atoms with Crippen LogP contribution in [0.5, 0.6) is 0 Å². The van der Waals surface area contributed by atoms with Crippen LogP contribution in [0.15, 0.2) is 18.2 Å². The maximum atomic E-state index is 12.3. The number of halogens is 6. The average molecular weight is 259 g/mol. The summed E-state index contributed by atoms with van der Waals surface area (Å²) in [5, 5.41) is 8.85. The Labute approximate surface area is 91.7 Å². The predicted molar refractivity (Wildman–Crippen MR) is 45.6 cm³/mol. The highest BCUT2D eigenvalue weighted by molar-refractivity contribution is 5.34. The number of hydrogen-bond acceptors (Lipinski definition) is 2. The molecule has 0 aliphatic rings. The zero-order chi connectivity index (χ0) is 13.4. The Balaban J connectivity index is 3.40. The first kappa shape index (κ1) is 13.8. The number of hydrogen-bond donors (Lipinski definition) is 2. The van der Waals surface area contributed by atoms with E-state index in [-0.39, 0.29) is 6.07 Å². The molecule has 2 nitrogen and oxygen atoms in total. The van der Waals surface area contributed by atoms with Crippen LogP contribution in [0.1, 0.15) is 22.9 Å². The van der Waals surface area contributed by atoms with Gasteiger partial charge in [-0.05, 0) is 23.8 Å². The average Bonchev–Trinajstić information content (AvgIpc) is 2.14. The molecule has 0 unspecified atom stereocenters. The van der Waals surface area contributed by atoms with E-state index in [9.17, 15) is 26.3 Å². The van der Waals surface area contributed by atoms with Crippen molar-refractivity contribution in [2.24, 2.45) is 5.73 Å². The summed E-state index contributed by atoms with van der Waals surface area (Å²) in [6, 6.07) is 0.714. The van der Waals surface area contributed by atoms with Gasteiger partial charge < -0.3 is 10.8 Å². The molecule has 0 fully saturated rings. The summed E-state index contributed by atoms with van der Waals surface area (Å²) >= 11 is 0. The van der Waals surface area contributed by atoms with Crippen molar-refractivity contribution in [2.45, 2.75) is 18.6 Å². The van der Waals surface area contributed by atoms with E-state index in [4.69, 9.17) is 10.8 Å². The zero-order valence-corrected chi connectivity index (χ0v) is 8.10. The lowest BCUT2D eigenvalue weighted by atomic mass is 10.0. The minimum Gasteiger partial charge on any atom is -0.375 e. The van der Waals surface area contributed by atoms with E-state index >= 15 is 0 Å². The Kier molecular flexibility index (Phi) is 3.40. The van der Waals surface area contributed by atoms with Gasteiger partial charge in [0.15, 0.2) is 0 Å². The molecule has 0 aliphatic heterocycles. The van der Waals surface area contributed by atoms with Crippen molar-refractivity contribution in [3.63, 3.8) is 0 Å². The van der Waals surface area contributed by atoms with Gasteiger partial charge >= 0.3 is 12.4 Å². The molecule has 0 spiro atoms. The Morgan fingerprint density at radius 2 is 1.24 bits per heavy atom. The number of nitrogens with two attached hydrogens (primary N) is 1. The van der Waals surface area contributed by atoms with Gasteiger partial charge in [0.1, 0.15) is 6.23 Å². The number of rotatable bonds is 1. The van der Waals surface area contributed by atoms with Crippen LogP contribution >= 0.6 is 0 Å². The van der Waals surface area contributed by atoms with Gasteiger partial charge in [-0.1, -0.05) is 0 Å². The minimum absolute atomic E-state index is 0.0358. The summed E-state index contributed by atoms with van der Waals surface area (Å²) in [6.07, 6.45) is -11.8. The van der Waals surface area contributed by atoms with Crippen molar-refractivity contribution in [1.29, 1.82) is 0 Å². The summed E-state index contributed by atoms with van der Waals surface area (Å²) in [4.78, 5) is 0. The summed E-state index contributed by atoms with van der Waals surface area (Å²) in [7, 11) is 0. The molecule has 0 aliphatic carbocycles. The van der Waals surface area contributed by atoms with Crippen LogP contribution in [0.4, 0.5) is 26.3 Å². The van der Waals surface area contributed by atoms with Crippen LogP contribution in [0, 0.1) is 0 Å². The third kappa shape index (κ3) is 3.34. The van der Waals surface area contributed by atoms with Gasteiger partial charge in [-0.25, -0.2) is 0 Å². The van der Waals surface area contributed by atoms with Crippen LogP contribution in [0.25, 0.3) is 0 Å². The second-order valence-electron chi connectivity index (χ2n) is 3.28.